The fourth-order valence-electron chi connectivity index (χ4n) is 3.20. The monoisotopic (exact) mass is 285 g/mol. The molecule has 112 valence electrons. The maximum absolute atomic E-state index is 11.8. The van der Waals surface area contributed by atoms with E-state index in [4.69, 9.17) is 4.98 Å². The summed E-state index contributed by atoms with van der Waals surface area (Å²) in [6.07, 6.45) is 4.20. The van der Waals surface area contributed by atoms with Crippen molar-refractivity contribution in [3.8, 4) is 0 Å². The largest absolute Gasteiger partial charge is 0.345 e. The Morgan fingerprint density at radius 3 is 2.81 bits per heavy atom. The van der Waals surface area contributed by atoms with Gasteiger partial charge in [-0.15, -0.1) is 0 Å². The molecule has 0 bridgehead atoms. The topological polar surface area (TPSA) is 38.1 Å². The van der Waals surface area contributed by atoms with Crippen molar-refractivity contribution in [1.29, 1.82) is 0 Å². The van der Waals surface area contributed by atoms with Gasteiger partial charge in [0.15, 0.2) is 0 Å². The van der Waals surface area contributed by atoms with Gasteiger partial charge in [0, 0.05) is 32.5 Å². The van der Waals surface area contributed by atoms with E-state index in [1.54, 1.807) is 0 Å². The van der Waals surface area contributed by atoms with Crippen LogP contribution < -0.4 is 0 Å². The molecule has 0 aliphatic carbocycles. The van der Waals surface area contributed by atoms with Gasteiger partial charge in [-0.1, -0.05) is 31.9 Å². The second-order valence-corrected chi connectivity index (χ2v) is 5.99. The van der Waals surface area contributed by atoms with E-state index >= 15 is 0 Å². The Labute approximate surface area is 125 Å². The smallest absolute Gasteiger partial charge is 0.223 e. The van der Waals surface area contributed by atoms with Crippen molar-refractivity contribution in [3.05, 3.63) is 30.1 Å². The quantitative estimate of drug-likeness (QED) is 0.791. The highest BCUT2D eigenvalue weighted by Crippen LogP contribution is 2.29. The van der Waals surface area contributed by atoms with Crippen LogP contribution in [-0.4, -0.2) is 34.0 Å². The van der Waals surface area contributed by atoms with E-state index in [0.29, 0.717) is 6.42 Å². The second-order valence-electron chi connectivity index (χ2n) is 5.99. The molecule has 4 nitrogen and oxygen atoms in total. The number of rotatable bonds is 5. The number of unbranched alkanes of at least 4 members (excludes halogenated alkanes) is 2. The summed E-state index contributed by atoms with van der Waals surface area (Å²) < 4.78 is 2.34. The van der Waals surface area contributed by atoms with Gasteiger partial charge in [0.25, 0.3) is 0 Å². The Morgan fingerprint density at radius 1 is 1.29 bits per heavy atom. The molecule has 1 saturated heterocycles. The van der Waals surface area contributed by atoms with Crippen molar-refractivity contribution in [2.45, 2.75) is 45.1 Å². The number of hydrogen-bond donors (Lipinski definition) is 0. The first-order valence-corrected chi connectivity index (χ1v) is 7.90. The Bertz CT molecular complexity index is 647. The lowest BCUT2D eigenvalue weighted by Crippen LogP contribution is -2.19. The van der Waals surface area contributed by atoms with Gasteiger partial charge in [0.1, 0.15) is 5.82 Å². The molecule has 2 heterocycles. The minimum absolute atomic E-state index is 0.229. The lowest BCUT2D eigenvalue weighted by atomic mass is 10.1. The average molecular weight is 285 g/mol. The molecular weight excluding hydrogens is 262 g/mol. The molecule has 0 saturated carbocycles. The van der Waals surface area contributed by atoms with E-state index in [-0.39, 0.29) is 11.8 Å². The van der Waals surface area contributed by atoms with Crippen LogP contribution >= 0.6 is 0 Å². The van der Waals surface area contributed by atoms with E-state index in [1.165, 1.54) is 24.8 Å². The van der Waals surface area contributed by atoms with Crippen LogP contribution in [0.1, 0.15) is 44.3 Å². The maximum atomic E-state index is 11.8. The Morgan fingerprint density at radius 2 is 2.10 bits per heavy atom. The zero-order chi connectivity index (χ0) is 14.8. The Kier molecular flexibility index (Phi) is 3.95. The molecule has 0 radical (unpaired) electrons. The molecule has 21 heavy (non-hydrogen) atoms. The molecule has 0 N–H and O–H groups in total. The number of benzene rings is 1. The number of nitrogens with zero attached hydrogens (tertiary/aromatic N) is 3. The third-order valence-electron chi connectivity index (χ3n) is 4.38. The van der Waals surface area contributed by atoms with Gasteiger partial charge in [-0.3, -0.25) is 4.79 Å². The zero-order valence-electron chi connectivity index (χ0n) is 12.9. The van der Waals surface area contributed by atoms with E-state index in [0.717, 1.165) is 24.4 Å². The summed E-state index contributed by atoms with van der Waals surface area (Å²) in [6, 6.07) is 8.30. The number of aryl methyl sites for hydroxylation is 1. The highest BCUT2D eigenvalue weighted by molar-refractivity contribution is 5.80. The SMILES string of the molecule is CCCCCn1c(C2CC(=O)N(C)C2)nc2ccccc21. The van der Waals surface area contributed by atoms with Crippen molar-refractivity contribution in [2.24, 2.45) is 0 Å². The van der Waals surface area contributed by atoms with Crippen molar-refractivity contribution in [3.63, 3.8) is 0 Å². The fourth-order valence-corrected chi connectivity index (χ4v) is 3.20. The molecule has 1 aromatic carbocycles. The summed E-state index contributed by atoms with van der Waals surface area (Å²) in [5.74, 6) is 1.55. The van der Waals surface area contributed by atoms with Crippen LogP contribution in [0.2, 0.25) is 0 Å². The number of fused-ring (bicyclic) bond motifs is 1. The molecule has 4 heteroatoms. The van der Waals surface area contributed by atoms with Gasteiger partial charge in [-0.05, 0) is 18.6 Å². The number of likely N-dealkylation sites (tertiary alicyclic amines) is 1. The Balaban J connectivity index is 1.96. The molecule has 3 rings (SSSR count). The average Bonchev–Trinajstić information content (AvgIpc) is 3.01. The summed E-state index contributed by atoms with van der Waals surface area (Å²) in [4.78, 5) is 18.5. The van der Waals surface area contributed by atoms with Crippen LogP contribution in [0.4, 0.5) is 0 Å². The normalized spacial score (nSPS) is 18.9. The maximum Gasteiger partial charge on any atom is 0.223 e. The molecular formula is C17H23N3O. The lowest BCUT2D eigenvalue weighted by Gasteiger charge is -2.13. The van der Waals surface area contributed by atoms with Crippen LogP contribution in [0.5, 0.6) is 0 Å². The molecule has 1 fully saturated rings. The summed E-state index contributed by atoms with van der Waals surface area (Å²) in [5.41, 5.74) is 2.25. The van der Waals surface area contributed by atoms with Crippen molar-refractivity contribution in [1.82, 2.24) is 14.5 Å². The summed E-state index contributed by atoms with van der Waals surface area (Å²) >= 11 is 0. The van der Waals surface area contributed by atoms with Gasteiger partial charge in [-0.2, -0.15) is 0 Å². The molecule has 1 aromatic heterocycles. The predicted molar refractivity (Wildman–Crippen MR) is 84.3 cm³/mol. The first-order chi connectivity index (χ1) is 10.2. The van der Waals surface area contributed by atoms with Gasteiger partial charge < -0.3 is 9.47 Å². The van der Waals surface area contributed by atoms with E-state index in [9.17, 15) is 4.79 Å². The number of hydrogen-bond acceptors (Lipinski definition) is 2. The van der Waals surface area contributed by atoms with Crippen LogP contribution in [0, 0.1) is 0 Å². The first-order valence-electron chi connectivity index (χ1n) is 7.90. The molecule has 1 atom stereocenters. The fraction of sp³-hybridized carbons (Fsp3) is 0.529. The van der Waals surface area contributed by atoms with Gasteiger partial charge in [0.05, 0.1) is 11.0 Å². The molecule has 0 spiro atoms. The number of amides is 1. The third-order valence-corrected chi connectivity index (χ3v) is 4.38. The number of aromatic nitrogens is 2. The lowest BCUT2D eigenvalue weighted by molar-refractivity contribution is -0.126. The van der Waals surface area contributed by atoms with E-state index in [1.807, 2.05) is 18.0 Å². The highest BCUT2D eigenvalue weighted by atomic mass is 16.2. The number of carbonyl (C=O) groups is 1. The minimum atomic E-state index is 0.229. The van der Waals surface area contributed by atoms with Crippen molar-refractivity contribution >= 4 is 16.9 Å². The van der Waals surface area contributed by atoms with Crippen LogP contribution in [-0.2, 0) is 11.3 Å². The van der Waals surface area contributed by atoms with Crippen LogP contribution in [0.3, 0.4) is 0 Å². The number of imidazole rings is 1. The molecule has 1 amide bonds. The van der Waals surface area contributed by atoms with E-state index in [2.05, 4.69) is 29.7 Å². The van der Waals surface area contributed by atoms with Crippen molar-refractivity contribution < 1.29 is 4.79 Å². The first kappa shape index (κ1) is 14.1. The predicted octanol–water partition coefficient (Wildman–Crippen LogP) is 3.17. The molecule has 1 aliphatic rings. The highest BCUT2D eigenvalue weighted by Gasteiger charge is 2.31. The summed E-state index contributed by atoms with van der Waals surface area (Å²) in [6.45, 7) is 4.01. The number of likely N-dealkylation sites (N-methyl/N-ethyl adjacent to an activating group) is 1. The minimum Gasteiger partial charge on any atom is -0.345 e. The molecule has 1 aliphatic heterocycles. The Hall–Kier alpha value is -1.84. The van der Waals surface area contributed by atoms with Crippen molar-refractivity contribution in [2.75, 3.05) is 13.6 Å². The van der Waals surface area contributed by atoms with Crippen LogP contribution in [0.25, 0.3) is 11.0 Å². The standard InChI is InChI=1S/C17H23N3O/c1-3-4-7-10-20-15-9-6-5-8-14(15)18-17(20)13-11-16(21)19(2)12-13/h5-6,8-9,13H,3-4,7,10-12H2,1-2H3. The molecule has 2 aromatic rings. The third kappa shape index (κ3) is 2.67. The summed E-state index contributed by atoms with van der Waals surface area (Å²) in [7, 11) is 1.88. The molecule has 1 unspecified atom stereocenters. The van der Waals surface area contributed by atoms with Gasteiger partial charge >= 0.3 is 0 Å². The second kappa shape index (κ2) is 5.88. The summed E-state index contributed by atoms with van der Waals surface area (Å²) in [5, 5.41) is 0. The van der Waals surface area contributed by atoms with Crippen LogP contribution in [0.15, 0.2) is 24.3 Å². The van der Waals surface area contributed by atoms with Gasteiger partial charge in [0.2, 0.25) is 5.91 Å². The number of carbonyl (C=O) groups excluding carboxylic acids is 1. The van der Waals surface area contributed by atoms with E-state index < -0.39 is 0 Å². The zero-order valence-corrected chi connectivity index (χ0v) is 12.9. The number of para-hydroxylation sites is 2. The van der Waals surface area contributed by atoms with Gasteiger partial charge in [-0.25, -0.2) is 4.98 Å².